The Kier molecular flexibility index (Phi) is 2.59. The van der Waals surface area contributed by atoms with Crippen LogP contribution >= 0.6 is 0 Å². The minimum absolute atomic E-state index is 1.04. The van der Waals surface area contributed by atoms with Crippen LogP contribution in [0.1, 0.15) is 38.3 Å². The Morgan fingerprint density at radius 2 is 1.94 bits per heavy atom. The van der Waals surface area contributed by atoms with E-state index in [4.69, 9.17) is 0 Å². The van der Waals surface area contributed by atoms with E-state index in [2.05, 4.69) is 63.3 Å². The van der Waals surface area contributed by atoms with E-state index >= 15 is 0 Å². The third-order valence-electron chi connectivity index (χ3n) is 3.57. The molecule has 0 fully saturated rings. The maximum atomic E-state index is 3.59. The molecule has 1 aromatic carbocycles. The van der Waals surface area contributed by atoms with E-state index < -0.39 is 0 Å². The van der Waals surface area contributed by atoms with Gasteiger partial charge in [0.25, 0.3) is 0 Å². The molecule has 1 aromatic rings. The van der Waals surface area contributed by atoms with Crippen molar-refractivity contribution < 1.29 is 0 Å². The summed E-state index contributed by atoms with van der Waals surface area (Å²) < 4.78 is 0. The average Bonchev–Trinajstić information content (AvgIpc) is 2.91. The summed E-state index contributed by atoms with van der Waals surface area (Å²) in [5, 5.41) is 0. The van der Waals surface area contributed by atoms with Gasteiger partial charge in [-0.1, -0.05) is 47.6 Å². The molecule has 0 aromatic heterocycles. The van der Waals surface area contributed by atoms with Crippen LogP contribution in [0.4, 0.5) is 0 Å². The lowest BCUT2D eigenvalue weighted by Crippen LogP contribution is -1.90. The van der Waals surface area contributed by atoms with E-state index in [1.54, 1.807) is 0 Å². The molecule has 0 spiro atoms. The fourth-order valence-corrected chi connectivity index (χ4v) is 2.74. The fourth-order valence-electron chi connectivity index (χ4n) is 2.74. The zero-order valence-corrected chi connectivity index (χ0v) is 11.2. The third kappa shape index (κ3) is 1.69. The highest BCUT2D eigenvalue weighted by Gasteiger charge is 2.23. The van der Waals surface area contributed by atoms with E-state index in [0.717, 1.165) is 6.42 Å². The normalized spacial score (nSPS) is 17.3. The second-order valence-electron chi connectivity index (χ2n) is 5.24. The molecule has 89 valence electrons. The van der Waals surface area contributed by atoms with Gasteiger partial charge in [0, 0.05) is 0 Å². The predicted octanol–water partition coefficient (Wildman–Crippen LogP) is 4.85. The number of hydrogen-bond acceptors (Lipinski definition) is 0. The van der Waals surface area contributed by atoms with Gasteiger partial charge in [0.1, 0.15) is 0 Å². The lowest BCUT2D eigenvalue weighted by molar-refractivity contribution is 1.27. The number of allylic oxidation sites excluding steroid dienone is 7. The molecule has 1 radical (unpaired) electrons. The Bertz CT molecular complexity index is 630. The van der Waals surface area contributed by atoms with E-state index in [0.29, 0.717) is 0 Å². The SMILES string of the molecule is CC1=CCC(C2=[C]c3ccccc3C2=C(C)C)=C1. The summed E-state index contributed by atoms with van der Waals surface area (Å²) in [6.07, 6.45) is 9.20. The van der Waals surface area contributed by atoms with Crippen LogP contribution in [0.5, 0.6) is 0 Å². The maximum Gasteiger partial charge on any atom is -0.00109 e. The van der Waals surface area contributed by atoms with Gasteiger partial charge >= 0.3 is 0 Å². The van der Waals surface area contributed by atoms with Crippen LogP contribution in [0.25, 0.3) is 5.57 Å². The summed E-state index contributed by atoms with van der Waals surface area (Å²) in [6, 6.07) is 8.55. The van der Waals surface area contributed by atoms with Crippen molar-refractivity contribution in [1.82, 2.24) is 0 Å². The highest BCUT2D eigenvalue weighted by Crippen LogP contribution is 2.42. The molecule has 0 amide bonds. The molecular weight excluding hydrogens is 216 g/mol. The first-order chi connectivity index (χ1) is 8.66. The Labute approximate surface area is 109 Å². The lowest BCUT2D eigenvalue weighted by Gasteiger charge is -2.10. The van der Waals surface area contributed by atoms with Gasteiger partial charge in [-0.15, -0.1) is 0 Å². The van der Waals surface area contributed by atoms with Crippen molar-refractivity contribution in [3.05, 3.63) is 75.9 Å². The summed E-state index contributed by atoms with van der Waals surface area (Å²) >= 11 is 0. The van der Waals surface area contributed by atoms with Crippen molar-refractivity contribution in [3.8, 4) is 0 Å². The predicted molar refractivity (Wildman–Crippen MR) is 77.0 cm³/mol. The van der Waals surface area contributed by atoms with E-state index in [1.165, 1.54) is 39.0 Å². The molecular formula is C18H17. The van der Waals surface area contributed by atoms with Gasteiger partial charge in [-0.25, -0.2) is 0 Å². The first kappa shape index (κ1) is 11.3. The van der Waals surface area contributed by atoms with Crippen molar-refractivity contribution in [2.75, 3.05) is 0 Å². The van der Waals surface area contributed by atoms with Crippen molar-refractivity contribution in [3.63, 3.8) is 0 Å². The van der Waals surface area contributed by atoms with Crippen LogP contribution in [0.2, 0.25) is 0 Å². The molecule has 0 saturated heterocycles. The molecule has 0 unspecified atom stereocenters. The summed E-state index contributed by atoms with van der Waals surface area (Å²) in [6.45, 7) is 6.54. The summed E-state index contributed by atoms with van der Waals surface area (Å²) in [7, 11) is 0. The van der Waals surface area contributed by atoms with Crippen LogP contribution < -0.4 is 0 Å². The average molecular weight is 233 g/mol. The second-order valence-corrected chi connectivity index (χ2v) is 5.24. The highest BCUT2D eigenvalue weighted by molar-refractivity contribution is 5.91. The molecule has 0 aliphatic heterocycles. The summed E-state index contributed by atoms with van der Waals surface area (Å²) in [5.74, 6) is 0. The van der Waals surface area contributed by atoms with Crippen molar-refractivity contribution in [2.45, 2.75) is 27.2 Å². The molecule has 0 heteroatoms. The molecule has 2 aliphatic carbocycles. The zero-order valence-electron chi connectivity index (χ0n) is 11.2. The van der Waals surface area contributed by atoms with E-state index in [-0.39, 0.29) is 0 Å². The van der Waals surface area contributed by atoms with Crippen LogP contribution in [0.15, 0.2) is 58.7 Å². The van der Waals surface area contributed by atoms with Gasteiger partial charge in [-0.05, 0) is 61.1 Å². The van der Waals surface area contributed by atoms with Gasteiger partial charge in [-0.2, -0.15) is 0 Å². The molecule has 0 bridgehead atoms. The largest absolute Gasteiger partial charge is 0.0772 e. The minimum Gasteiger partial charge on any atom is -0.0772 e. The van der Waals surface area contributed by atoms with Crippen molar-refractivity contribution in [2.24, 2.45) is 0 Å². The number of rotatable bonds is 1. The molecule has 0 nitrogen and oxygen atoms in total. The third-order valence-corrected chi connectivity index (χ3v) is 3.57. The molecule has 3 rings (SSSR count). The van der Waals surface area contributed by atoms with Gasteiger partial charge in [0.2, 0.25) is 0 Å². The summed E-state index contributed by atoms with van der Waals surface area (Å²) in [5.41, 5.74) is 9.37. The zero-order chi connectivity index (χ0) is 12.7. The standard InChI is InChI=1S/C18H17/c1-12(2)18-16-7-5-4-6-14(16)11-17(18)15-9-8-13(3)10-15/h4-8,10H,9H2,1-3H3. The Hall–Kier alpha value is -1.82. The smallest absolute Gasteiger partial charge is 0.00109 e. The molecule has 18 heavy (non-hydrogen) atoms. The topological polar surface area (TPSA) is 0 Å². The fraction of sp³-hybridized carbons (Fsp3) is 0.222. The number of fused-ring (bicyclic) bond motifs is 1. The van der Waals surface area contributed by atoms with Gasteiger partial charge in [0.15, 0.2) is 0 Å². The van der Waals surface area contributed by atoms with Gasteiger partial charge in [-0.3, -0.25) is 0 Å². The molecule has 0 atom stereocenters. The summed E-state index contributed by atoms with van der Waals surface area (Å²) in [4.78, 5) is 0. The Morgan fingerprint density at radius 1 is 1.17 bits per heavy atom. The second kappa shape index (κ2) is 4.13. The van der Waals surface area contributed by atoms with Crippen molar-refractivity contribution >= 4 is 5.57 Å². The lowest BCUT2D eigenvalue weighted by atomic mass is 9.93. The van der Waals surface area contributed by atoms with Crippen LogP contribution in [0.3, 0.4) is 0 Å². The van der Waals surface area contributed by atoms with Crippen LogP contribution in [-0.2, 0) is 0 Å². The molecule has 0 N–H and O–H groups in total. The number of benzene rings is 1. The first-order valence-electron chi connectivity index (χ1n) is 6.46. The van der Waals surface area contributed by atoms with E-state index in [9.17, 15) is 0 Å². The van der Waals surface area contributed by atoms with Gasteiger partial charge < -0.3 is 0 Å². The van der Waals surface area contributed by atoms with Crippen LogP contribution in [0, 0.1) is 6.08 Å². The Balaban J connectivity index is 2.14. The quantitative estimate of drug-likeness (QED) is 0.650. The van der Waals surface area contributed by atoms with Crippen LogP contribution in [-0.4, -0.2) is 0 Å². The maximum absolute atomic E-state index is 3.59. The molecule has 2 aliphatic rings. The molecule has 0 saturated carbocycles. The Morgan fingerprint density at radius 3 is 2.61 bits per heavy atom. The van der Waals surface area contributed by atoms with E-state index in [1.807, 2.05) is 0 Å². The monoisotopic (exact) mass is 233 g/mol. The van der Waals surface area contributed by atoms with Gasteiger partial charge in [0.05, 0.1) is 0 Å². The highest BCUT2D eigenvalue weighted by atomic mass is 14.3. The first-order valence-corrected chi connectivity index (χ1v) is 6.46. The number of hydrogen-bond donors (Lipinski definition) is 0. The van der Waals surface area contributed by atoms with Crippen molar-refractivity contribution in [1.29, 1.82) is 0 Å². The minimum atomic E-state index is 1.04. The molecule has 0 heterocycles.